The Bertz CT molecular complexity index is 3890. The monoisotopic (exact) mass is 1340 g/mol. The van der Waals surface area contributed by atoms with Crippen LogP contribution in [-0.2, 0) is 40.7 Å². The molecule has 0 saturated carbocycles. The van der Waals surface area contributed by atoms with Crippen LogP contribution in [0.5, 0.6) is 11.5 Å². The molecule has 0 radical (unpaired) electrons. The first kappa shape index (κ1) is 71.5. The van der Waals surface area contributed by atoms with Crippen LogP contribution in [0.15, 0.2) is 130 Å². The zero-order valence-electron chi connectivity index (χ0n) is 54.8. The average molecular weight is 1340 g/mol. The number of fused-ring (bicyclic) bond motifs is 1. The summed E-state index contributed by atoms with van der Waals surface area (Å²) in [7, 11) is 0.176. The quantitative estimate of drug-likeness (QED) is 0.00849. The molecule has 0 aliphatic carbocycles. The zero-order chi connectivity index (χ0) is 68.3. The molecular formula is C67H85N11O15Si2. The Balaban J connectivity index is 0.775. The minimum atomic E-state index is -1.57. The van der Waals surface area contributed by atoms with Crippen LogP contribution in [0.1, 0.15) is 94.3 Å². The maximum atomic E-state index is 13.6. The lowest BCUT2D eigenvalue weighted by atomic mass is 9.80. The first-order valence-corrected chi connectivity index (χ1v) is 39.1. The lowest BCUT2D eigenvalue weighted by molar-refractivity contribution is -0.145. The van der Waals surface area contributed by atoms with Gasteiger partial charge in [-0.2, -0.15) is 4.98 Å². The molecule has 8 N–H and O–H groups in total. The molecule has 28 heteroatoms. The van der Waals surface area contributed by atoms with Gasteiger partial charge in [0, 0.05) is 59.5 Å². The number of carbonyl (C=O) groups is 5. The van der Waals surface area contributed by atoms with E-state index in [1.54, 1.807) is 38.5 Å². The van der Waals surface area contributed by atoms with E-state index >= 15 is 0 Å². The molecule has 0 bridgehead atoms. The lowest BCUT2D eigenvalue weighted by Crippen LogP contribution is -2.43. The van der Waals surface area contributed by atoms with Crippen LogP contribution in [0, 0.1) is 0 Å². The summed E-state index contributed by atoms with van der Waals surface area (Å²) in [6.07, 6.45) is 1.11. The molecule has 4 heterocycles. The Hall–Kier alpha value is -9.36. The van der Waals surface area contributed by atoms with Crippen LogP contribution in [0.25, 0.3) is 11.2 Å². The van der Waals surface area contributed by atoms with Crippen LogP contribution in [0.2, 0.25) is 51.4 Å². The highest BCUT2D eigenvalue weighted by Crippen LogP contribution is 2.43. The summed E-state index contributed by atoms with van der Waals surface area (Å²) in [4.78, 5) is 123. The number of benzene rings is 4. The number of aromatic amines is 2. The number of nitrogens with one attached hydrogen (secondary N) is 7. The molecule has 7 aromatic rings. The number of ether oxygens (including phenoxy) is 6. The second kappa shape index (κ2) is 33.2. The van der Waals surface area contributed by atoms with Gasteiger partial charge in [-0.3, -0.25) is 43.8 Å². The summed E-state index contributed by atoms with van der Waals surface area (Å²) in [5.74, 6) is -1.05. The molecular weight excluding hydrogens is 1250 g/mol. The third-order valence-corrected chi connectivity index (χ3v) is 19.2. The van der Waals surface area contributed by atoms with Crippen LogP contribution in [0.4, 0.5) is 16.4 Å². The number of unbranched alkanes of at least 4 members (excludes halogenated alkanes) is 3. The van der Waals surface area contributed by atoms with Gasteiger partial charge in [-0.15, -0.1) is 0 Å². The van der Waals surface area contributed by atoms with Crippen molar-refractivity contribution in [3.63, 3.8) is 0 Å². The summed E-state index contributed by atoms with van der Waals surface area (Å²) in [5.41, 5.74) is -0.261. The number of nitrogens with zero attached hydrogens (tertiary/aromatic N) is 4. The average Bonchev–Trinajstić information content (AvgIpc) is 1.23. The van der Waals surface area contributed by atoms with Crippen LogP contribution < -0.4 is 52.9 Å². The maximum absolute atomic E-state index is 13.6. The fraction of sp³-hybridized carbons (Fsp3) is 0.418. The molecule has 4 atom stereocenters. The van der Waals surface area contributed by atoms with Gasteiger partial charge in [-0.1, -0.05) is 107 Å². The van der Waals surface area contributed by atoms with E-state index in [1.165, 1.54) is 6.20 Å². The number of amides is 4. The molecule has 1 aliphatic rings. The van der Waals surface area contributed by atoms with Crippen molar-refractivity contribution >= 4 is 68.7 Å². The van der Waals surface area contributed by atoms with Gasteiger partial charge in [0.05, 0.1) is 58.6 Å². The van der Waals surface area contributed by atoms with Crippen LogP contribution in [0.3, 0.4) is 0 Å². The van der Waals surface area contributed by atoms with Crippen molar-refractivity contribution in [1.29, 1.82) is 0 Å². The topological polar surface area (TPSA) is 348 Å². The minimum absolute atomic E-state index is 0.0175. The van der Waals surface area contributed by atoms with E-state index in [-0.39, 0.29) is 86.3 Å². The van der Waals surface area contributed by atoms with E-state index in [9.17, 15) is 43.5 Å². The lowest BCUT2D eigenvalue weighted by Gasteiger charge is -2.37. The van der Waals surface area contributed by atoms with Gasteiger partial charge < -0.3 is 54.8 Å². The van der Waals surface area contributed by atoms with Crippen molar-refractivity contribution in [3.8, 4) is 11.5 Å². The van der Waals surface area contributed by atoms with Crippen molar-refractivity contribution in [2.24, 2.45) is 0 Å². The Morgan fingerprint density at radius 2 is 1.34 bits per heavy atom. The number of aromatic nitrogens is 6. The Morgan fingerprint density at radius 3 is 1.96 bits per heavy atom. The van der Waals surface area contributed by atoms with E-state index < -0.39 is 86.9 Å². The highest BCUT2D eigenvalue weighted by molar-refractivity contribution is 6.76. The standard InChI is InChI=1S/C67H85N11O15Si2/c1-88-49-26-20-45(21-27-49)67(44-16-12-11-13-17-44,46-22-28-50(89-2)29-23-46)92-42-54-53(79)38-56(93-54)78-41-51(61(83)76-65(78)86)60(82)69-33-15-10-9-14-32-68-55(80)31-30-52(63(85)90-34-36-94(3,4)5)73-59(81)43-18-24-47(25-19-43)70-39-48-40-71-58-57(72-48)62(84)75-64(74-58)77-66(87)91-35-37-95(6,7)8/h11-13,16-29,40-41,52-54,56,70,79H,9-10,14-15,30-39,42H2,1-8H3,(H,68,80)(H,69,82)(H,73,81)(H,76,83,86)(H2,71,74,75,77,84,87)/t52-,53-,54+,56+/m0/s1. The smallest absolute Gasteiger partial charge is 0.413 e. The van der Waals surface area contributed by atoms with Gasteiger partial charge in [0.2, 0.25) is 11.9 Å². The molecule has 506 valence electrons. The highest BCUT2D eigenvalue weighted by atomic mass is 28.3. The number of hydrogen-bond donors (Lipinski definition) is 8. The minimum Gasteiger partial charge on any atom is -0.497 e. The van der Waals surface area contributed by atoms with Crippen molar-refractivity contribution in [3.05, 3.63) is 180 Å². The molecule has 0 spiro atoms. The van der Waals surface area contributed by atoms with Gasteiger partial charge in [0.15, 0.2) is 11.2 Å². The third-order valence-electron chi connectivity index (χ3n) is 15.8. The Labute approximate surface area is 551 Å². The van der Waals surface area contributed by atoms with E-state index in [0.29, 0.717) is 61.2 Å². The molecule has 4 amide bonds. The molecule has 95 heavy (non-hydrogen) atoms. The van der Waals surface area contributed by atoms with E-state index in [2.05, 4.69) is 90.8 Å². The predicted octanol–water partition coefficient (Wildman–Crippen LogP) is 7.60. The summed E-state index contributed by atoms with van der Waals surface area (Å²) in [5, 5.41) is 25.4. The highest BCUT2D eigenvalue weighted by Gasteiger charge is 2.42. The van der Waals surface area contributed by atoms with E-state index in [4.69, 9.17) is 28.4 Å². The van der Waals surface area contributed by atoms with Gasteiger partial charge in [0.1, 0.15) is 41.0 Å². The number of anilines is 2. The van der Waals surface area contributed by atoms with Crippen LogP contribution in [-0.4, -0.2) is 146 Å². The van der Waals surface area contributed by atoms with Crippen molar-refractivity contribution in [2.75, 3.05) is 57.8 Å². The van der Waals surface area contributed by atoms with E-state index in [0.717, 1.165) is 33.5 Å². The third kappa shape index (κ3) is 20.3. The second-order valence-corrected chi connectivity index (χ2v) is 36.7. The maximum Gasteiger partial charge on any atom is 0.413 e. The molecule has 1 aliphatic heterocycles. The number of H-pyrrole nitrogens is 2. The normalized spacial score (nSPS) is 15.1. The largest absolute Gasteiger partial charge is 0.497 e. The molecule has 26 nitrogen and oxygen atoms in total. The fourth-order valence-electron chi connectivity index (χ4n) is 10.3. The van der Waals surface area contributed by atoms with Crippen LogP contribution >= 0.6 is 0 Å². The van der Waals surface area contributed by atoms with E-state index in [1.807, 2.05) is 78.9 Å². The zero-order valence-corrected chi connectivity index (χ0v) is 56.8. The number of hydrogen-bond acceptors (Lipinski definition) is 19. The summed E-state index contributed by atoms with van der Waals surface area (Å²) in [6.45, 7) is 13.9. The number of aliphatic hydroxyl groups is 1. The predicted molar refractivity (Wildman–Crippen MR) is 362 cm³/mol. The van der Waals surface area contributed by atoms with Crippen molar-refractivity contribution in [1.82, 2.24) is 45.4 Å². The van der Waals surface area contributed by atoms with Gasteiger partial charge in [0.25, 0.3) is 22.9 Å². The van der Waals surface area contributed by atoms with Crippen molar-refractivity contribution < 1.29 is 57.5 Å². The second-order valence-electron chi connectivity index (χ2n) is 25.5. The molecule has 4 aromatic carbocycles. The number of esters is 1. The molecule has 1 fully saturated rings. The van der Waals surface area contributed by atoms with Gasteiger partial charge in [-0.25, -0.2) is 24.4 Å². The summed E-state index contributed by atoms with van der Waals surface area (Å²) < 4.78 is 36.1. The Kier molecular flexibility index (Phi) is 25.0. The van der Waals surface area contributed by atoms with Gasteiger partial charge in [-0.05, 0) is 96.6 Å². The Morgan fingerprint density at radius 1 is 0.726 bits per heavy atom. The number of methoxy groups -OCH3 is 2. The molecule has 3 aromatic heterocycles. The molecule has 0 unspecified atom stereocenters. The van der Waals surface area contributed by atoms with Crippen molar-refractivity contribution in [2.45, 2.75) is 133 Å². The number of aliphatic hydroxyl groups excluding tert-OH is 1. The summed E-state index contributed by atoms with van der Waals surface area (Å²) >= 11 is 0. The first-order valence-electron chi connectivity index (χ1n) is 31.7. The fourth-order valence-corrected chi connectivity index (χ4v) is 11.8. The number of rotatable bonds is 33. The molecule has 1 saturated heterocycles. The van der Waals surface area contributed by atoms with Gasteiger partial charge >= 0.3 is 17.8 Å². The SMILES string of the molecule is COc1ccc(C(OC[C@H]2O[C@@H](n3cc(C(=O)NCCCCCCNC(=O)CC[C@H](NC(=O)c4ccc(NCc5cnc6nc(NC(=O)OCC[Si](C)(C)C)[nH]c(=O)c6n5)cc4)C(=O)OCC[Si](C)(C)C)c(=O)[nH]c3=O)C[C@@H]2O)(c2ccccc2)c2ccc(OC)cc2)cc1. The molecule has 8 rings (SSSR count). The summed E-state index contributed by atoms with van der Waals surface area (Å²) in [6, 6.07) is 31.4. The number of carbonyl (C=O) groups excluding carboxylic acids is 5. The first-order chi connectivity index (χ1) is 45.4.